The molecule has 2 aromatic carbocycles. The number of benzene rings is 2. The third-order valence-electron chi connectivity index (χ3n) is 4.91. The molecule has 0 saturated heterocycles. The van der Waals surface area contributed by atoms with Gasteiger partial charge in [0.25, 0.3) is 5.91 Å². The maximum Gasteiger partial charge on any atom is 0.276 e. The van der Waals surface area contributed by atoms with Crippen LogP contribution in [0.5, 0.6) is 0 Å². The highest BCUT2D eigenvalue weighted by atomic mass is 16.2. The van der Waals surface area contributed by atoms with Crippen molar-refractivity contribution >= 4 is 11.6 Å². The van der Waals surface area contributed by atoms with Crippen molar-refractivity contribution in [2.45, 2.75) is 33.1 Å². The Hall–Kier alpha value is -2.88. The summed E-state index contributed by atoms with van der Waals surface area (Å²) in [6, 6.07) is 16.0. The van der Waals surface area contributed by atoms with Crippen LogP contribution in [0.4, 0.5) is 5.69 Å². The second kappa shape index (κ2) is 6.20. The lowest BCUT2D eigenvalue weighted by Crippen LogP contribution is -2.15. The molecule has 4 nitrogen and oxygen atoms in total. The van der Waals surface area contributed by atoms with Gasteiger partial charge in [0.2, 0.25) is 0 Å². The molecule has 25 heavy (non-hydrogen) atoms. The summed E-state index contributed by atoms with van der Waals surface area (Å²) in [5, 5.41) is 7.65. The molecule has 0 bridgehead atoms. The van der Waals surface area contributed by atoms with Gasteiger partial charge in [0.15, 0.2) is 5.69 Å². The summed E-state index contributed by atoms with van der Waals surface area (Å²) in [6.07, 6.45) is 2.95. The minimum atomic E-state index is -0.129. The fraction of sp³-hybridized carbons (Fsp3) is 0.238. The summed E-state index contributed by atoms with van der Waals surface area (Å²) in [6.45, 7) is 4.11. The van der Waals surface area contributed by atoms with Crippen LogP contribution in [-0.2, 0) is 12.8 Å². The number of hydrogen-bond acceptors (Lipinski definition) is 2. The Kier molecular flexibility index (Phi) is 3.88. The van der Waals surface area contributed by atoms with Crippen LogP contribution < -0.4 is 5.32 Å². The van der Waals surface area contributed by atoms with Crippen LogP contribution in [-0.4, -0.2) is 15.7 Å². The monoisotopic (exact) mass is 331 g/mol. The first-order valence-electron chi connectivity index (χ1n) is 8.68. The van der Waals surface area contributed by atoms with E-state index in [-0.39, 0.29) is 5.91 Å². The van der Waals surface area contributed by atoms with Crippen LogP contribution in [0.2, 0.25) is 0 Å². The van der Waals surface area contributed by atoms with Crippen molar-refractivity contribution < 1.29 is 4.79 Å². The summed E-state index contributed by atoms with van der Waals surface area (Å²) in [7, 11) is 0. The number of nitrogens with zero attached hydrogens (tertiary/aromatic N) is 2. The van der Waals surface area contributed by atoms with Crippen molar-refractivity contribution in [3.05, 3.63) is 76.6 Å². The molecular weight excluding hydrogens is 310 g/mol. The minimum absolute atomic E-state index is 0.129. The summed E-state index contributed by atoms with van der Waals surface area (Å²) >= 11 is 0. The zero-order valence-electron chi connectivity index (χ0n) is 14.5. The number of nitrogens with one attached hydrogen (secondary N) is 1. The van der Waals surface area contributed by atoms with E-state index in [1.165, 1.54) is 5.56 Å². The molecule has 4 rings (SSSR count). The van der Waals surface area contributed by atoms with Gasteiger partial charge >= 0.3 is 0 Å². The molecule has 1 N–H and O–H groups in total. The highest BCUT2D eigenvalue weighted by molar-refractivity contribution is 6.04. The van der Waals surface area contributed by atoms with E-state index in [1.54, 1.807) is 0 Å². The quantitative estimate of drug-likeness (QED) is 0.781. The predicted molar refractivity (Wildman–Crippen MR) is 99.5 cm³/mol. The Balaban J connectivity index is 1.68. The lowest BCUT2D eigenvalue weighted by Gasteiger charge is -2.07. The van der Waals surface area contributed by atoms with Gasteiger partial charge in [-0.05, 0) is 68.5 Å². The molecule has 0 aliphatic heterocycles. The molecule has 1 heterocycles. The van der Waals surface area contributed by atoms with Gasteiger partial charge in [-0.25, -0.2) is 4.68 Å². The van der Waals surface area contributed by atoms with Crippen LogP contribution in [0.3, 0.4) is 0 Å². The van der Waals surface area contributed by atoms with Gasteiger partial charge in [0.1, 0.15) is 0 Å². The molecular formula is C21H21N3O. The number of aryl methyl sites for hydroxylation is 2. The van der Waals surface area contributed by atoms with Gasteiger partial charge in [-0.1, -0.05) is 24.3 Å². The molecule has 1 aliphatic rings. The van der Waals surface area contributed by atoms with Gasteiger partial charge in [0, 0.05) is 16.9 Å². The minimum Gasteiger partial charge on any atom is -0.321 e. The van der Waals surface area contributed by atoms with E-state index in [4.69, 9.17) is 0 Å². The number of hydrogen-bond donors (Lipinski definition) is 1. The summed E-state index contributed by atoms with van der Waals surface area (Å²) in [5.74, 6) is -0.129. The van der Waals surface area contributed by atoms with E-state index < -0.39 is 0 Å². The molecule has 3 aromatic rings. The topological polar surface area (TPSA) is 46.9 Å². The normalized spacial score (nSPS) is 12.9. The highest BCUT2D eigenvalue weighted by Crippen LogP contribution is 2.28. The molecule has 4 heteroatoms. The molecule has 0 fully saturated rings. The first kappa shape index (κ1) is 15.6. The zero-order valence-corrected chi connectivity index (χ0v) is 14.5. The molecule has 0 unspecified atom stereocenters. The van der Waals surface area contributed by atoms with Gasteiger partial charge in [-0.15, -0.1) is 0 Å². The number of amides is 1. The van der Waals surface area contributed by atoms with E-state index in [1.807, 2.05) is 60.1 Å². The Morgan fingerprint density at radius 1 is 1.04 bits per heavy atom. The SMILES string of the molecule is Cc1ccc(NC(=O)c2nn(-c3ccccc3)c3c2CCC3)cc1C. The van der Waals surface area contributed by atoms with Crippen molar-refractivity contribution in [3.8, 4) is 5.69 Å². The van der Waals surface area contributed by atoms with Gasteiger partial charge in [-0.2, -0.15) is 5.10 Å². The Morgan fingerprint density at radius 3 is 2.60 bits per heavy atom. The molecule has 1 aliphatic carbocycles. The Labute approximate surface area is 147 Å². The van der Waals surface area contributed by atoms with Crippen LogP contribution >= 0.6 is 0 Å². The van der Waals surface area contributed by atoms with Crippen LogP contribution in [0, 0.1) is 13.8 Å². The molecule has 0 saturated carbocycles. The van der Waals surface area contributed by atoms with Crippen LogP contribution in [0.25, 0.3) is 5.69 Å². The zero-order chi connectivity index (χ0) is 17.4. The number of aromatic nitrogens is 2. The maximum atomic E-state index is 12.8. The maximum absolute atomic E-state index is 12.8. The number of para-hydroxylation sites is 1. The third kappa shape index (κ3) is 2.84. The first-order chi connectivity index (χ1) is 12.1. The van der Waals surface area contributed by atoms with Gasteiger partial charge in [-0.3, -0.25) is 4.79 Å². The average Bonchev–Trinajstić information content (AvgIpc) is 3.21. The summed E-state index contributed by atoms with van der Waals surface area (Å²) < 4.78 is 1.93. The number of rotatable bonds is 3. The number of fused-ring (bicyclic) bond motifs is 1. The fourth-order valence-electron chi connectivity index (χ4n) is 3.41. The highest BCUT2D eigenvalue weighted by Gasteiger charge is 2.26. The van der Waals surface area contributed by atoms with Gasteiger partial charge in [0.05, 0.1) is 5.69 Å². The van der Waals surface area contributed by atoms with Gasteiger partial charge < -0.3 is 5.32 Å². The fourth-order valence-corrected chi connectivity index (χ4v) is 3.41. The lowest BCUT2D eigenvalue weighted by molar-refractivity contribution is 0.102. The van der Waals surface area contributed by atoms with E-state index in [0.29, 0.717) is 5.69 Å². The van der Waals surface area contributed by atoms with E-state index in [0.717, 1.165) is 47.5 Å². The summed E-state index contributed by atoms with van der Waals surface area (Å²) in [4.78, 5) is 12.8. The summed E-state index contributed by atoms with van der Waals surface area (Å²) in [5.41, 5.74) is 7.00. The second-order valence-electron chi connectivity index (χ2n) is 6.63. The standard InChI is InChI=1S/C21H21N3O/c1-14-11-12-16(13-15(14)2)22-21(25)20-18-9-6-10-19(18)24(23-20)17-7-4-3-5-8-17/h3-5,7-8,11-13H,6,9-10H2,1-2H3,(H,22,25). The first-order valence-corrected chi connectivity index (χ1v) is 8.68. The predicted octanol–water partition coefficient (Wildman–Crippen LogP) is 4.23. The average molecular weight is 331 g/mol. The van der Waals surface area contributed by atoms with E-state index in [2.05, 4.69) is 17.3 Å². The largest absolute Gasteiger partial charge is 0.321 e. The van der Waals surface area contributed by atoms with E-state index >= 15 is 0 Å². The van der Waals surface area contributed by atoms with Crippen molar-refractivity contribution in [1.29, 1.82) is 0 Å². The van der Waals surface area contributed by atoms with Crippen LogP contribution in [0.15, 0.2) is 48.5 Å². The second-order valence-corrected chi connectivity index (χ2v) is 6.63. The van der Waals surface area contributed by atoms with Crippen molar-refractivity contribution in [3.63, 3.8) is 0 Å². The number of anilines is 1. The van der Waals surface area contributed by atoms with Crippen molar-refractivity contribution in [2.24, 2.45) is 0 Å². The van der Waals surface area contributed by atoms with Crippen LogP contribution in [0.1, 0.15) is 39.3 Å². The molecule has 1 aromatic heterocycles. The molecule has 0 atom stereocenters. The Bertz CT molecular complexity index is 941. The van der Waals surface area contributed by atoms with E-state index in [9.17, 15) is 4.79 Å². The van der Waals surface area contributed by atoms with Crippen molar-refractivity contribution in [2.75, 3.05) is 5.32 Å². The third-order valence-corrected chi connectivity index (χ3v) is 4.91. The number of carbonyl (C=O) groups is 1. The smallest absolute Gasteiger partial charge is 0.276 e. The molecule has 0 spiro atoms. The molecule has 1 amide bonds. The Morgan fingerprint density at radius 2 is 1.84 bits per heavy atom. The molecule has 126 valence electrons. The lowest BCUT2D eigenvalue weighted by atomic mass is 10.1. The molecule has 0 radical (unpaired) electrons. The number of carbonyl (C=O) groups excluding carboxylic acids is 1. The van der Waals surface area contributed by atoms with Crippen molar-refractivity contribution in [1.82, 2.24) is 9.78 Å².